The Bertz CT molecular complexity index is 1010. The standard InChI is InChI=1S/C19H18ClN3O5/c1-2-23-9-13(19(26)27)14(10-23)21-16(25)8-7-15-17(20)18(22-28-15)11-3-5-12(24)6-4-11/h3-6,9-10,24H,2,7-8H2,1H3,(H,21,25)(H,26,27). The summed E-state index contributed by atoms with van der Waals surface area (Å²) in [6.45, 7) is 2.46. The van der Waals surface area contributed by atoms with Gasteiger partial charge in [0.2, 0.25) is 5.91 Å². The number of carbonyl (C=O) groups excluding carboxylic acids is 1. The number of hydrogen-bond acceptors (Lipinski definition) is 5. The Morgan fingerprint density at radius 2 is 1.96 bits per heavy atom. The van der Waals surface area contributed by atoms with E-state index in [0.717, 1.165) is 0 Å². The van der Waals surface area contributed by atoms with Crippen molar-refractivity contribution in [2.45, 2.75) is 26.3 Å². The number of benzene rings is 1. The van der Waals surface area contributed by atoms with Gasteiger partial charge in [0.1, 0.15) is 22.0 Å². The number of amides is 1. The highest BCUT2D eigenvalue weighted by molar-refractivity contribution is 6.33. The number of carboxylic acids is 1. The molecule has 1 amide bonds. The molecule has 0 spiro atoms. The van der Waals surface area contributed by atoms with E-state index < -0.39 is 5.97 Å². The third-order valence-corrected chi connectivity index (χ3v) is 4.56. The molecule has 0 bridgehead atoms. The van der Waals surface area contributed by atoms with Crippen molar-refractivity contribution in [1.82, 2.24) is 9.72 Å². The van der Waals surface area contributed by atoms with E-state index in [1.807, 2.05) is 6.92 Å². The second-order valence-corrected chi connectivity index (χ2v) is 6.46. The van der Waals surface area contributed by atoms with Crippen LogP contribution in [0.3, 0.4) is 0 Å². The van der Waals surface area contributed by atoms with Crippen molar-refractivity contribution in [3.8, 4) is 17.0 Å². The van der Waals surface area contributed by atoms with Crippen LogP contribution in [-0.2, 0) is 17.8 Å². The van der Waals surface area contributed by atoms with E-state index in [-0.39, 0.29) is 35.7 Å². The molecule has 0 aliphatic rings. The highest BCUT2D eigenvalue weighted by atomic mass is 35.5. The number of nitrogens with zero attached hydrogens (tertiary/aromatic N) is 2. The molecule has 0 atom stereocenters. The van der Waals surface area contributed by atoms with Gasteiger partial charge in [0.15, 0.2) is 5.76 Å². The Morgan fingerprint density at radius 1 is 1.25 bits per heavy atom. The number of hydrogen-bond donors (Lipinski definition) is 3. The van der Waals surface area contributed by atoms with Crippen LogP contribution in [0.15, 0.2) is 41.2 Å². The zero-order valence-corrected chi connectivity index (χ0v) is 15.7. The fourth-order valence-corrected chi connectivity index (χ4v) is 2.94. The number of aromatic nitrogens is 2. The van der Waals surface area contributed by atoms with E-state index in [1.165, 1.54) is 18.3 Å². The van der Waals surface area contributed by atoms with Crippen molar-refractivity contribution in [3.05, 3.63) is 53.0 Å². The molecule has 9 heteroatoms. The monoisotopic (exact) mass is 403 g/mol. The normalized spacial score (nSPS) is 10.8. The molecule has 28 heavy (non-hydrogen) atoms. The largest absolute Gasteiger partial charge is 0.508 e. The van der Waals surface area contributed by atoms with Crippen LogP contribution >= 0.6 is 11.6 Å². The van der Waals surface area contributed by atoms with Gasteiger partial charge in [0.25, 0.3) is 0 Å². The first-order chi connectivity index (χ1) is 13.4. The van der Waals surface area contributed by atoms with Crippen LogP contribution < -0.4 is 5.32 Å². The molecule has 3 aromatic rings. The molecule has 0 saturated heterocycles. The molecule has 2 heterocycles. The highest BCUT2D eigenvalue weighted by Gasteiger charge is 2.19. The number of carbonyl (C=O) groups is 2. The predicted octanol–water partition coefficient (Wildman–Crippen LogP) is 3.79. The molecule has 0 fully saturated rings. The first-order valence-corrected chi connectivity index (χ1v) is 8.93. The number of carboxylic acid groups (broad SMARTS) is 1. The Kier molecular flexibility index (Phi) is 5.70. The van der Waals surface area contributed by atoms with Gasteiger partial charge in [0.05, 0.1) is 5.69 Å². The van der Waals surface area contributed by atoms with Gasteiger partial charge in [-0.1, -0.05) is 16.8 Å². The lowest BCUT2D eigenvalue weighted by molar-refractivity contribution is -0.116. The fourth-order valence-electron chi connectivity index (χ4n) is 2.67. The zero-order valence-electron chi connectivity index (χ0n) is 15.0. The molecule has 146 valence electrons. The number of rotatable bonds is 7. The topological polar surface area (TPSA) is 118 Å². The van der Waals surface area contributed by atoms with Gasteiger partial charge in [-0.15, -0.1) is 0 Å². The van der Waals surface area contributed by atoms with Gasteiger partial charge in [-0.2, -0.15) is 0 Å². The summed E-state index contributed by atoms with van der Waals surface area (Å²) >= 11 is 6.30. The molecule has 0 aliphatic carbocycles. The summed E-state index contributed by atoms with van der Waals surface area (Å²) in [6.07, 6.45) is 3.29. The van der Waals surface area contributed by atoms with Crippen LogP contribution in [0.4, 0.5) is 5.69 Å². The first kappa shape index (κ1) is 19.5. The van der Waals surface area contributed by atoms with Gasteiger partial charge >= 0.3 is 5.97 Å². The maximum atomic E-state index is 12.2. The third-order valence-electron chi connectivity index (χ3n) is 4.17. The molecule has 1 aromatic carbocycles. The van der Waals surface area contributed by atoms with Gasteiger partial charge < -0.3 is 24.6 Å². The SMILES string of the molecule is CCn1cc(NC(=O)CCc2onc(-c3ccc(O)cc3)c2Cl)c(C(=O)O)c1. The summed E-state index contributed by atoms with van der Waals surface area (Å²) < 4.78 is 6.92. The molecule has 3 N–H and O–H groups in total. The van der Waals surface area contributed by atoms with Crippen LogP contribution in [0.5, 0.6) is 5.75 Å². The molecule has 2 aromatic heterocycles. The van der Waals surface area contributed by atoms with E-state index in [0.29, 0.717) is 28.6 Å². The molecular formula is C19H18ClN3O5. The number of anilines is 1. The van der Waals surface area contributed by atoms with Crippen molar-refractivity contribution in [3.63, 3.8) is 0 Å². The molecule has 0 aliphatic heterocycles. The van der Waals surface area contributed by atoms with E-state index >= 15 is 0 Å². The van der Waals surface area contributed by atoms with E-state index in [4.69, 9.17) is 16.1 Å². The van der Waals surface area contributed by atoms with Crippen molar-refractivity contribution < 1.29 is 24.3 Å². The summed E-state index contributed by atoms with van der Waals surface area (Å²) in [6, 6.07) is 6.33. The maximum absolute atomic E-state index is 12.2. The molecule has 3 rings (SSSR count). The average Bonchev–Trinajstić information content (AvgIpc) is 3.24. The lowest BCUT2D eigenvalue weighted by Gasteiger charge is -2.03. The molecule has 0 unspecified atom stereocenters. The van der Waals surface area contributed by atoms with Crippen LogP contribution in [0.25, 0.3) is 11.3 Å². The van der Waals surface area contributed by atoms with Crippen LogP contribution in [0.1, 0.15) is 29.5 Å². The van der Waals surface area contributed by atoms with E-state index in [1.54, 1.807) is 22.9 Å². The maximum Gasteiger partial charge on any atom is 0.339 e. The minimum absolute atomic E-state index is 0.0301. The minimum Gasteiger partial charge on any atom is -0.508 e. The summed E-state index contributed by atoms with van der Waals surface area (Å²) in [7, 11) is 0. The average molecular weight is 404 g/mol. The van der Waals surface area contributed by atoms with Gasteiger partial charge in [-0.25, -0.2) is 4.79 Å². The number of aromatic hydroxyl groups is 1. The van der Waals surface area contributed by atoms with Crippen LogP contribution in [-0.4, -0.2) is 31.8 Å². The lowest BCUT2D eigenvalue weighted by Crippen LogP contribution is -2.14. The van der Waals surface area contributed by atoms with Crippen molar-refractivity contribution in [2.75, 3.05) is 5.32 Å². The second-order valence-electron chi connectivity index (χ2n) is 6.08. The van der Waals surface area contributed by atoms with Gasteiger partial charge in [-0.05, 0) is 31.2 Å². The fraction of sp³-hybridized carbons (Fsp3) is 0.211. The number of phenolic OH excluding ortho intramolecular Hbond substituents is 1. The Labute approximate surface area is 165 Å². The quantitative estimate of drug-likeness (QED) is 0.552. The number of phenols is 1. The van der Waals surface area contributed by atoms with Crippen molar-refractivity contribution in [1.29, 1.82) is 0 Å². The van der Waals surface area contributed by atoms with Crippen LogP contribution in [0.2, 0.25) is 5.02 Å². The van der Waals surface area contributed by atoms with Gasteiger partial charge in [0, 0.05) is 37.3 Å². The predicted molar refractivity (Wildman–Crippen MR) is 103 cm³/mol. The lowest BCUT2D eigenvalue weighted by atomic mass is 10.1. The summed E-state index contributed by atoms with van der Waals surface area (Å²) in [5, 5.41) is 25.4. The smallest absolute Gasteiger partial charge is 0.339 e. The molecule has 8 nitrogen and oxygen atoms in total. The Hall–Kier alpha value is -3.26. The summed E-state index contributed by atoms with van der Waals surface area (Å²) in [5.74, 6) is -1.00. The number of aryl methyl sites for hydroxylation is 2. The zero-order chi connectivity index (χ0) is 20.3. The summed E-state index contributed by atoms with van der Waals surface area (Å²) in [5.41, 5.74) is 1.37. The van der Waals surface area contributed by atoms with Crippen LogP contribution in [0, 0.1) is 0 Å². The Morgan fingerprint density at radius 3 is 2.61 bits per heavy atom. The van der Waals surface area contributed by atoms with Crippen molar-refractivity contribution >= 4 is 29.2 Å². The third kappa shape index (κ3) is 4.17. The molecular weight excluding hydrogens is 386 g/mol. The van der Waals surface area contributed by atoms with Gasteiger partial charge in [-0.3, -0.25) is 4.79 Å². The van der Waals surface area contributed by atoms with Crippen molar-refractivity contribution in [2.24, 2.45) is 0 Å². The summed E-state index contributed by atoms with van der Waals surface area (Å²) in [4.78, 5) is 23.5. The Balaban J connectivity index is 1.66. The molecule has 0 radical (unpaired) electrons. The number of halogens is 1. The van der Waals surface area contributed by atoms with E-state index in [9.17, 15) is 19.8 Å². The first-order valence-electron chi connectivity index (χ1n) is 8.55. The minimum atomic E-state index is -1.11. The number of nitrogens with one attached hydrogen (secondary N) is 1. The number of aromatic carboxylic acids is 1. The van der Waals surface area contributed by atoms with E-state index in [2.05, 4.69) is 10.5 Å². The molecule has 0 saturated carbocycles. The second kappa shape index (κ2) is 8.18. The highest BCUT2D eigenvalue weighted by Crippen LogP contribution is 2.31.